The van der Waals surface area contributed by atoms with Crippen LogP contribution in [0.4, 0.5) is 5.69 Å². The van der Waals surface area contributed by atoms with Crippen LogP contribution < -0.4 is 11.1 Å². The fourth-order valence-corrected chi connectivity index (χ4v) is 1.95. The number of anilines is 1. The Hall–Kier alpha value is -1.56. The van der Waals surface area contributed by atoms with E-state index in [2.05, 4.69) is 21.2 Å². The van der Waals surface area contributed by atoms with Crippen molar-refractivity contribution in [2.24, 2.45) is 5.92 Å². The van der Waals surface area contributed by atoms with Crippen LogP contribution in [0, 0.1) is 5.92 Å². The summed E-state index contributed by atoms with van der Waals surface area (Å²) in [6.45, 7) is 0.394. The molecule has 0 heterocycles. The number of hydrogen-bond donors (Lipinski definition) is 2. The fourth-order valence-electron chi connectivity index (χ4n) is 1.54. The van der Waals surface area contributed by atoms with Crippen molar-refractivity contribution in [2.45, 2.75) is 12.8 Å². The molecule has 6 heteroatoms. The molecule has 19 heavy (non-hydrogen) atoms. The second-order valence-electron chi connectivity index (χ2n) is 4.56. The Morgan fingerprint density at radius 1 is 1.42 bits per heavy atom. The van der Waals surface area contributed by atoms with Crippen LogP contribution >= 0.6 is 15.9 Å². The number of rotatable bonds is 5. The maximum absolute atomic E-state index is 11.8. The second kappa shape index (κ2) is 6.06. The summed E-state index contributed by atoms with van der Waals surface area (Å²) in [5.41, 5.74) is 6.38. The van der Waals surface area contributed by atoms with Gasteiger partial charge in [-0.3, -0.25) is 4.79 Å². The Kier molecular flexibility index (Phi) is 4.42. The largest absolute Gasteiger partial charge is 0.452 e. The number of carbonyl (C=O) groups is 2. The number of nitrogens with two attached hydrogens (primary N) is 1. The SMILES string of the molecule is Nc1ccc(Br)c(C(=O)OCC(=O)NCC2CC2)c1. The second-order valence-corrected chi connectivity index (χ2v) is 5.42. The maximum atomic E-state index is 11.8. The van der Waals surface area contributed by atoms with Gasteiger partial charge in [0.25, 0.3) is 5.91 Å². The molecule has 0 radical (unpaired) electrons. The van der Waals surface area contributed by atoms with Crippen LogP contribution in [0.2, 0.25) is 0 Å². The van der Waals surface area contributed by atoms with E-state index in [9.17, 15) is 9.59 Å². The molecule has 102 valence electrons. The molecule has 3 N–H and O–H groups in total. The van der Waals surface area contributed by atoms with Gasteiger partial charge in [-0.05, 0) is 52.9 Å². The minimum absolute atomic E-state index is 0.271. The van der Waals surface area contributed by atoms with Gasteiger partial charge in [0.05, 0.1) is 5.56 Å². The molecule has 1 aromatic carbocycles. The highest BCUT2D eigenvalue weighted by atomic mass is 79.9. The predicted molar refractivity (Wildman–Crippen MR) is 74.6 cm³/mol. The molecule has 1 aromatic rings. The Balaban J connectivity index is 1.82. The quantitative estimate of drug-likeness (QED) is 0.637. The van der Waals surface area contributed by atoms with E-state index in [1.165, 1.54) is 6.07 Å². The zero-order valence-electron chi connectivity index (χ0n) is 10.3. The van der Waals surface area contributed by atoms with Gasteiger partial charge in [-0.1, -0.05) is 0 Å². The minimum atomic E-state index is -0.569. The summed E-state index contributed by atoms with van der Waals surface area (Å²) in [6.07, 6.45) is 2.33. The average Bonchev–Trinajstić information content (AvgIpc) is 3.20. The fraction of sp³-hybridized carbons (Fsp3) is 0.385. The number of carbonyl (C=O) groups excluding carboxylic acids is 2. The lowest BCUT2D eigenvalue weighted by Crippen LogP contribution is -2.30. The third kappa shape index (κ3) is 4.24. The molecule has 1 fully saturated rings. The standard InChI is InChI=1S/C13H15BrN2O3/c14-11-4-3-9(15)5-10(11)13(18)19-7-12(17)16-6-8-1-2-8/h3-5,8H,1-2,6-7,15H2,(H,16,17). The molecular weight excluding hydrogens is 312 g/mol. The van der Waals surface area contributed by atoms with E-state index in [1.807, 2.05) is 0 Å². The molecule has 0 spiro atoms. The van der Waals surface area contributed by atoms with E-state index in [4.69, 9.17) is 10.5 Å². The number of benzene rings is 1. The highest BCUT2D eigenvalue weighted by Gasteiger charge is 2.22. The van der Waals surface area contributed by atoms with Crippen LogP contribution in [0.1, 0.15) is 23.2 Å². The first-order valence-corrected chi connectivity index (χ1v) is 6.84. The number of ether oxygens (including phenoxy) is 1. The molecule has 0 unspecified atom stereocenters. The first-order valence-electron chi connectivity index (χ1n) is 6.05. The first-order chi connectivity index (χ1) is 9.06. The summed E-state index contributed by atoms with van der Waals surface area (Å²) >= 11 is 3.24. The van der Waals surface area contributed by atoms with Gasteiger partial charge in [-0.15, -0.1) is 0 Å². The molecule has 0 aliphatic heterocycles. The van der Waals surface area contributed by atoms with Crippen molar-refractivity contribution < 1.29 is 14.3 Å². The van der Waals surface area contributed by atoms with Gasteiger partial charge in [0.2, 0.25) is 0 Å². The van der Waals surface area contributed by atoms with Crippen LogP contribution in [-0.4, -0.2) is 25.0 Å². The summed E-state index contributed by atoms with van der Waals surface area (Å²) in [4.78, 5) is 23.2. The van der Waals surface area contributed by atoms with Gasteiger partial charge >= 0.3 is 5.97 Å². The summed E-state index contributed by atoms with van der Waals surface area (Å²) in [5.74, 6) is -0.247. The van der Waals surface area contributed by atoms with E-state index >= 15 is 0 Å². The van der Waals surface area contributed by atoms with Crippen molar-refractivity contribution in [3.63, 3.8) is 0 Å². The molecule has 1 aliphatic rings. The van der Waals surface area contributed by atoms with Crippen LogP contribution in [0.15, 0.2) is 22.7 Å². The zero-order valence-corrected chi connectivity index (χ0v) is 11.9. The number of halogens is 1. The lowest BCUT2D eigenvalue weighted by atomic mass is 10.2. The first kappa shape index (κ1) is 13.9. The van der Waals surface area contributed by atoms with Crippen molar-refractivity contribution in [1.82, 2.24) is 5.32 Å². The normalized spacial score (nSPS) is 13.9. The van der Waals surface area contributed by atoms with Crippen molar-refractivity contribution in [2.75, 3.05) is 18.9 Å². The Labute approximate surface area is 119 Å². The van der Waals surface area contributed by atoms with Crippen molar-refractivity contribution in [1.29, 1.82) is 0 Å². The summed E-state index contributed by atoms with van der Waals surface area (Å²) in [5, 5.41) is 2.72. The lowest BCUT2D eigenvalue weighted by molar-refractivity contribution is -0.124. The number of nitrogen functional groups attached to an aromatic ring is 1. The molecule has 0 atom stereocenters. The number of amides is 1. The molecular formula is C13H15BrN2O3. The Bertz CT molecular complexity index is 501. The minimum Gasteiger partial charge on any atom is -0.452 e. The maximum Gasteiger partial charge on any atom is 0.339 e. The number of hydrogen-bond acceptors (Lipinski definition) is 4. The van der Waals surface area contributed by atoms with Gasteiger partial charge in [-0.25, -0.2) is 4.79 Å². The Morgan fingerprint density at radius 2 is 2.16 bits per heavy atom. The van der Waals surface area contributed by atoms with Crippen molar-refractivity contribution in [3.05, 3.63) is 28.2 Å². The molecule has 1 amide bonds. The van der Waals surface area contributed by atoms with Crippen molar-refractivity contribution >= 4 is 33.5 Å². The summed E-state index contributed by atoms with van der Waals surface area (Å²) < 4.78 is 5.53. The van der Waals surface area contributed by atoms with Gasteiger partial charge in [0.15, 0.2) is 6.61 Å². The van der Waals surface area contributed by atoms with Gasteiger partial charge in [-0.2, -0.15) is 0 Å². The van der Waals surface area contributed by atoms with E-state index in [0.29, 0.717) is 28.2 Å². The van der Waals surface area contributed by atoms with Crippen LogP contribution in [0.25, 0.3) is 0 Å². The third-order valence-electron chi connectivity index (χ3n) is 2.83. The van der Waals surface area contributed by atoms with Gasteiger partial charge in [0, 0.05) is 16.7 Å². The zero-order chi connectivity index (χ0) is 13.8. The number of esters is 1. The molecule has 0 bridgehead atoms. The third-order valence-corrected chi connectivity index (χ3v) is 3.52. The molecule has 0 saturated heterocycles. The highest BCUT2D eigenvalue weighted by Crippen LogP contribution is 2.27. The van der Waals surface area contributed by atoms with E-state index < -0.39 is 5.97 Å². The Morgan fingerprint density at radius 3 is 2.84 bits per heavy atom. The van der Waals surface area contributed by atoms with E-state index in [0.717, 1.165) is 12.8 Å². The van der Waals surface area contributed by atoms with E-state index in [1.54, 1.807) is 12.1 Å². The van der Waals surface area contributed by atoms with E-state index in [-0.39, 0.29) is 12.5 Å². The average molecular weight is 327 g/mol. The topological polar surface area (TPSA) is 81.4 Å². The molecule has 1 saturated carbocycles. The van der Waals surface area contributed by atoms with Crippen molar-refractivity contribution in [3.8, 4) is 0 Å². The molecule has 5 nitrogen and oxygen atoms in total. The van der Waals surface area contributed by atoms with Crippen LogP contribution in [-0.2, 0) is 9.53 Å². The molecule has 0 aromatic heterocycles. The van der Waals surface area contributed by atoms with Crippen LogP contribution in [0.5, 0.6) is 0 Å². The number of nitrogens with one attached hydrogen (secondary N) is 1. The lowest BCUT2D eigenvalue weighted by Gasteiger charge is -2.07. The smallest absolute Gasteiger partial charge is 0.339 e. The summed E-state index contributed by atoms with van der Waals surface area (Å²) in [7, 11) is 0. The molecule has 1 aliphatic carbocycles. The monoisotopic (exact) mass is 326 g/mol. The van der Waals surface area contributed by atoms with Crippen LogP contribution in [0.3, 0.4) is 0 Å². The van der Waals surface area contributed by atoms with Gasteiger partial charge < -0.3 is 15.8 Å². The summed E-state index contributed by atoms with van der Waals surface area (Å²) in [6, 6.07) is 4.84. The predicted octanol–water partition coefficient (Wildman–Crippen LogP) is 1.71. The van der Waals surface area contributed by atoms with Gasteiger partial charge in [0.1, 0.15) is 0 Å². The highest BCUT2D eigenvalue weighted by molar-refractivity contribution is 9.10. The molecule has 2 rings (SSSR count).